The van der Waals surface area contributed by atoms with Crippen LogP contribution in [0.25, 0.3) is 0 Å². The summed E-state index contributed by atoms with van der Waals surface area (Å²) in [5.74, 6) is 0. The van der Waals surface area contributed by atoms with Crippen LogP contribution in [0.4, 0.5) is 0 Å². The average Bonchev–Trinajstić information content (AvgIpc) is 2.42. The molecule has 3 heteroatoms. The minimum Gasteiger partial charge on any atom is -0.390 e. The molecule has 0 aromatic rings. The van der Waals surface area contributed by atoms with E-state index in [1.54, 1.807) is 20.8 Å². The zero-order chi connectivity index (χ0) is 17.7. The van der Waals surface area contributed by atoms with Crippen LogP contribution in [0.5, 0.6) is 0 Å². The minimum absolute atomic E-state index is 0.430. The quantitative estimate of drug-likeness (QED) is 0.638. The summed E-state index contributed by atoms with van der Waals surface area (Å²) in [6.07, 6.45) is 9.82. The van der Waals surface area contributed by atoms with E-state index in [9.17, 15) is 15.3 Å². The van der Waals surface area contributed by atoms with Gasteiger partial charge in [-0.15, -0.1) is 0 Å². The first-order chi connectivity index (χ1) is 10.5. The van der Waals surface area contributed by atoms with Crippen molar-refractivity contribution in [3.05, 3.63) is 34.9 Å². The molecule has 0 amide bonds. The van der Waals surface area contributed by atoms with Crippen molar-refractivity contribution in [3.8, 4) is 0 Å². The van der Waals surface area contributed by atoms with Gasteiger partial charge in [0, 0.05) is 0 Å². The highest BCUT2D eigenvalue weighted by Gasteiger charge is 2.31. The average molecular weight is 322 g/mol. The summed E-state index contributed by atoms with van der Waals surface area (Å²) >= 11 is 0. The van der Waals surface area contributed by atoms with Crippen molar-refractivity contribution in [2.45, 2.75) is 90.4 Å². The van der Waals surface area contributed by atoms with Gasteiger partial charge in [-0.05, 0) is 78.7 Å². The molecule has 0 fully saturated rings. The van der Waals surface area contributed by atoms with Crippen LogP contribution in [0.2, 0.25) is 0 Å². The number of allylic oxidation sites excluding steroid dienone is 5. The summed E-state index contributed by atoms with van der Waals surface area (Å²) < 4.78 is 0. The van der Waals surface area contributed by atoms with Crippen LogP contribution in [0, 0.1) is 0 Å². The Bertz CT molecular complexity index is 476. The smallest absolute Gasteiger partial charge is 0.0880 e. The van der Waals surface area contributed by atoms with Crippen LogP contribution in [0.15, 0.2) is 34.9 Å². The molecule has 0 unspecified atom stereocenters. The van der Waals surface area contributed by atoms with E-state index in [2.05, 4.69) is 26.0 Å². The van der Waals surface area contributed by atoms with Crippen molar-refractivity contribution < 1.29 is 15.3 Å². The van der Waals surface area contributed by atoms with Gasteiger partial charge in [0.25, 0.3) is 0 Å². The Balaban J connectivity index is 3.07. The second-order valence-electron chi connectivity index (χ2n) is 7.76. The van der Waals surface area contributed by atoms with Gasteiger partial charge in [0.1, 0.15) is 0 Å². The van der Waals surface area contributed by atoms with E-state index < -0.39 is 17.3 Å². The molecule has 3 nitrogen and oxygen atoms in total. The van der Waals surface area contributed by atoms with E-state index in [-0.39, 0.29) is 0 Å². The number of hydrogen-bond acceptors (Lipinski definition) is 3. The molecule has 3 N–H and O–H groups in total. The van der Waals surface area contributed by atoms with Gasteiger partial charge in [-0.3, -0.25) is 0 Å². The highest BCUT2D eigenvalue weighted by Crippen LogP contribution is 2.29. The second kappa shape index (κ2) is 8.27. The number of aliphatic hydroxyl groups excluding tert-OH is 1. The first kappa shape index (κ1) is 20.1. The first-order valence-corrected chi connectivity index (χ1v) is 8.67. The molecule has 0 radical (unpaired) electrons. The summed E-state index contributed by atoms with van der Waals surface area (Å²) in [5.41, 5.74) is 1.35. The SMILES string of the molecule is C/C1=C/C=C(/C(C)(C)O)CC[C@@](C)(O)[C@@H](O)CC/C(C)=C\CC1. The van der Waals surface area contributed by atoms with Gasteiger partial charge in [-0.1, -0.05) is 29.4 Å². The van der Waals surface area contributed by atoms with E-state index in [1.807, 2.05) is 6.08 Å². The second-order valence-corrected chi connectivity index (χ2v) is 7.76. The third kappa shape index (κ3) is 7.03. The molecule has 2 atom stereocenters. The van der Waals surface area contributed by atoms with Crippen LogP contribution in [0.1, 0.15) is 73.1 Å². The number of hydrogen-bond donors (Lipinski definition) is 3. The molecular weight excluding hydrogens is 288 g/mol. The maximum atomic E-state index is 10.6. The molecule has 0 saturated carbocycles. The van der Waals surface area contributed by atoms with E-state index in [0.29, 0.717) is 19.3 Å². The predicted octanol–water partition coefficient (Wildman–Crippen LogP) is 4.04. The van der Waals surface area contributed by atoms with Crippen LogP contribution in [-0.2, 0) is 0 Å². The number of rotatable bonds is 1. The summed E-state index contributed by atoms with van der Waals surface area (Å²) in [4.78, 5) is 0. The largest absolute Gasteiger partial charge is 0.390 e. The van der Waals surface area contributed by atoms with E-state index in [4.69, 9.17) is 0 Å². The molecule has 23 heavy (non-hydrogen) atoms. The van der Waals surface area contributed by atoms with Gasteiger partial charge in [0.2, 0.25) is 0 Å². The Morgan fingerprint density at radius 1 is 1.09 bits per heavy atom. The van der Waals surface area contributed by atoms with Crippen molar-refractivity contribution in [2.24, 2.45) is 0 Å². The van der Waals surface area contributed by atoms with Crippen LogP contribution in [0.3, 0.4) is 0 Å². The molecule has 1 aliphatic carbocycles. The minimum atomic E-state index is -1.15. The molecule has 0 aliphatic heterocycles. The Morgan fingerprint density at radius 3 is 2.35 bits per heavy atom. The lowest BCUT2D eigenvalue weighted by atomic mass is 9.84. The van der Waals surface area contributed by atoms with Crippen LogP contribution in [-0.4, -0.2) is 32.6 Å². The molecular formula is C20H34O3. The molecule has 0 aromatic carbocycles. The maximum Gasteiger partial charge on any atom is 0.0880 e. The van der Waals surface area contributed by atoms with Gasteiger partial charge in [0.05, 0.1) is 17.3 Å². The zero-order valence-corrected chi connectivity index (χ0v) is 15.4. The fourth-order valence-electron chi connectivity index (χ4n) is 2.80. The van der Waals surface area contributed by atoms with Gasteiger partial charge in [-0.2, -0.15) is 0 Å². The summed E-state index contributed by atoms with van der Waals surface area (Å²) in [5, 5.41) is 31.3. The Labute approximate surface area is 141 Å². The fourth-order valence-corrected chi connectivity index (χ4v) is 2.80. The highest BCUT2D eigenvalue weighted by atomic mass is 16.3. The normalized spacial score (nSPS) is 36.0. The fraction of sp³-hybridized carbons (Fsp3) is 0.700. The monoisotopic (exact) mass is 322 g/mol. The molecule has 0 bridgehead atoms. The first-order valence-electron chi connectivity index (χ1n) is 8.67. The topological polar surface area (TPSA) is 60.7 Å². The van der Waals surface area contributed by atoms with E-state index in [0.717, 1.165) is 24.8 Å². The summed E-state index contributed by atoms with van der Waals surface area (Å²) in [6.45, 7) is 9.41. The van der Waals surface area contributed by atoms with Crippen molar-refractivity contribution in [3.63, 3.8) is 0 Å². The molecule has 1 rings (SSSR count). The lowest BCUT2D eigenvalue weighted by Crippen LogP contribution is -2.40. The molecule has 0 saturated heterocycles. The van der Waals surface area contributed by atoms with Crippen molar-refractivity contribution in [2.75, 3.05) is 0 Å². The lowest BCUT2D eigenvalue weighted by molar-refractivity contribution is -0.0705. The molecule has 0 spiro atoms. The number of aliphatic hydroxyl groups is 3. The van der Waals surface area contributed by atoms with Crippen LogP contribution < -0.4 is 0 Å². The van der Waals surface area contributed by atoms with Gasteiger partial charge in [-0.25, -0.2) is 0 Å². The third-order valence-corrected chi connectivity index (χ3v) is 4.82. The van der Waals surface area contributed by atoms with E-state index in [1.165, 1.54) is 11.1 Å². The predicted molar refractivity (Wildman–Crippen MR) is 96.2 cm³/mol. The van der Waals surface area contributed by atoms with E-state index >= 15 is 0 Å². The zero-order valence-electron chi connectivity index (χ0n) is 15.4. The summed E-state index contributed by atoms with van der Waals surface area (Å²) in [7, 11) is 0. The lowest BCUT2D eigenvalue weighted by Gasteiger charge is -2.31. The molecule has 0 heterocycles. The molecule has 1 aliphatic rings. The Kier molecular flexibility index (Phi) is 7.25. The maximum absolute atomic E-state index is 10.6. The van der Waals surface area contributed by atoms with Crippen molar-refractivity contribution >= 4 is 0 Å². The van der Waals surface area contributed by atoms with Crippen LogP contribution >= 0.6 is 0 Å². The third-order valence-electron chi connectivity index (χ3n) is 4.82. The van der Waals surface area contributed by atoms with Gasteiger partial charge >= 0.3 is 0 Å². The van der Waals surface area contributed by atoms with Crippen molar-refractivity contribution in [1.29, 1.82) is 0 Å². The van der Waals surface area contributed by atoms with Gasteiger partial charge in [0.15, 0.2) is 0 Å². The Morgan fingerprint density at radius 2 is 1.74 bits per heavy atom. The van der Waals surface area contributed by atoms with Gasteiger partial charge < -0.3 is 15.3 Å². The molecule has 0 aromatic heterocycles. The summed E-state index contributed by atoms with van der Waals surface area (Å²) in [6, 6.07) is 0. The van der Waals surface area contributed by atoms with Crippen molar-refractivity contribution in [1.82, 2.24) is 0 Å². The molecule has 132 valence electrons. The standard InChI is InChI=1S/C20H34O3/c1-15-7-6-8-16(2)10-12-18(21)20(5,23)14-13-17(11-9-15)19(3,4)22/h8-9,11,18,21-23H,6-7,10,12-14H2,1-5H3/b15-9-,16-8-,17-11+/t18-,20+/m0/s1. The Hall–Kier alpha value is -0.900. The highest BCUT2D eigenvalue weighted by molar-refractivity contribution is 5.23.